The Morgan fingerprint density at radius 3 is 2.86 bits per heavy atom. The molecule has 0 aliphatic carbocycles. The number of hydrogen-bond acceptors (Lipinski definition) is 4. The zero-order chi connectivity index (χ0) is 15.4. The van der Waals surface area contributed by atoms with E-state index in [2.05, 4.69) is 15.2 Å². The Balaban J connectivity index is 1.90. The molecule has 0 saturated carbocycles. The Morgan fingerprint density at radius 2 is 2.19 bits per heavy atom. The molecule has 0 radical (unpaired) electrons. The second-order valence-corrected chi connectivity index (χ2v) is 5.22. The molecule has 112 valence electrons. The lowest BCUT2D eigenvalue weighted by molar-refractivity contribution is -0.132. The predicted octanol–water partition coefficient (Wildman–Crippen LogP) is 2.11. The average molecular weight is 309 g/mol. The quantitative estimate of drug-likeness (QED) is 0.918. The second kappa shape index (κ2) is 6.58. The number of aromatic nitrogens is 3. The molecule has 0 aliphatic rings. The number of carbonyl (C=O) groups excluding carboxylic acids is 1. The number of carbonyl (C=O) groups is 1. The van der Waals surface area contributed by atoms with Gasteiger partial charge in [0.25, 0.3) is 5.91 Å². The van der Waals surface area contributed by atoms with Crippen molar-refractivity contribution in [2.75, 3.05) is 13.7 Å². The Labute approximate surface area is 128 Å². The van der Waals surface area contributed by atoms with E-state index >= 15 is 0 Å². The Morgan fingerprint density at radius 1 is 1.43 bits per heavy atom. The first-order valence-corrected chi connectivity index (χ1v) is 6.84. The lowest BCUT2D eigenvalue weighted by Crippen LogP contribution is -2.31. The Bertz CT molecular complexity index is 642. The number of likely N-dealkylation sites (N-methyl/N-ethyl adjacent to an activating group) is 1. The van der Waals surface area contributed by atoms with Crippen molar-refractivity contribution in [1.82, 2.24) is 20.1 Å². The van der Waals surface area contributed by atoms with Crippen molar-refractivity contribution < 1.29 is 9.53 Å². The Kier molecular flexibility index (Phi) is 4.80. The normalized spacial score (nSPS) is 10.5. The largest absolute Gasteiger partial charge is 0.482 e. The maximum Gasteiger partial charge on any atom is 0.260 e. The van der Waals surface area contributed by atoms with Crippen LogP contribution < -0.4 is 4.74 Å². The summed E-state index contributed by atoms with van der Waals surface area (Å²) in [5, 5.41) is 7.21. The van der Waals surface area contributed by atoms with Crippen LogP contribution in [0.1, 0.15) is 17.2 Å². The number of hydrogen-bond donors (Lipinski definition) is 1. The van der Waals surface area contributed by atoms with Crippen LogP contribution in [0, 0.1) is 13.8 Å². The molecule has 0 atom stereocenters. The van der Waals surface area contributed by atoms with Crippen molar-refractivity contribution in [2.24, 2.45) is 0 Å². The van der Waals surface area contributed by atoms with E-state index in [4.69, 9.17) is 16.3 Å². The van der Waals surface area contributed by atoms with Gasteiger partial charge in [0.1, 0.15) is 11.6 Å². The van der Waals surface area contributed by atoms with Crippen LogP contribution >= 0.6 is 11.6 Å². The minimum absolute atomic E-state index is 0.0803. The number of amides is 1. The first-order valence-electron chi connectivity index (χ1n) is 6.46. The first kappa shape index (κ1) is 15.3. The molecule has 2 rings (SSSR count). The summed E-state index contributed by atoms with van der Waals surface area (Å²) in [6.45, 7) is 3.99. The van der Waals surface area contributed by atoms with E-state index in [1.54, 1.807) is 26.1 Å². The van der Waals surface area contributed by atoms with Crippen molar-refractivity contribution in [3.05, 3.63) is 40.4 Å². The molecular formula is C14H17ClN4O2. The molecule has 0 spiro atoms. The highest BCUT2D eigenvalue weighted by molar-refractivity contribution is 6.32. The van der Waals surface area contributed by atoms with Crippen LogP contribution in [0.4, 0.5) is 0 Å². The van der Waals surface area contributed by atoms with Crippen molar-refractivity contribution in [3.8, 4) is 5.75 Å². The van der Waals surface area contributed by atoms with Crippen LogP contribution in [-0.4, -0.2) is 39.6 Å². The van der Waals surface area contributed by atoms with E-state index in [1.807, 2.05) is 13.0 Å². The summed E-state index contributed by atoms with van der Waals surface area (Å²) in [6, 6.07) is 5.43. The fourth-order valence-corrected chi connectivity index (χ4v) is 1.90. The molecule has 0 saturated heterocycles. The van der Waals surface area contributed by atoms with E-state index in [0.717, 1.165) is 5.56 Å². The number of aromatic amines is 1. The van der Waals surface area contributed by atoms with Gasteiger partial charge in [0.05, 0.1) is 11.6 Å². The maximum atomic E-state index is 12.0. The van der Waals surface area contributed by atoms with E-state index in [-0.39, 0.29) is 12.5 Å². The molecule has 6 nitrogen and oxygen atoms in total. The number of rotatable bonds is 5. The summed E-state index contributed by atoms with van der Waals surface area (Å²) in [5.74, 6) is 1.62. The van der Waals surface area contributed by atoms with Gasteiger partial charge in [-0.3, -0.25) is 9.89 Å². The highest BCUT2D eigenvalue weighted by Crippen LogP contribution is 2.25. The van der Waals surface area contributed by atoms with Crippen LogP contribution in [0.15, 0.2) is 18.2 Å². The van der Waals surface area contributed by atoms with Gasteiger partial charge in [-0.25, -0.2) is 4.98 Å². The van der Waals surface area contributed by atoms with Gasteiger partial charge in [-0.15, -0.1) is 0 Å². The maximum absolute atomic E-state index is 12.0. The molecule has 0 aliphatic heterocycles. The summed E-state index contributed by atoms with van der Waals surface area (Å²) in [7, 11) is 1.68. The van der Waals surface area contributed by atoms with E-state index in [9.17, 15) is 4.79 Å². The number of halogens is 1. The number of aryl methyl sites for hydroxylation is 2. The third kappa shape index (κ3) is 4.19. The van der Waals surface area contributed by atoms with Crippen molar-refractivity contribution in [2.45, 2.75) is 20.4 Å². The Hall–Kier alpha value is -2.08. The highest BCUT2D eigenvalue weighted by atomic mass is 35.5. The van der Waals surface area contributed by atoms with Gasteiger partial charge in [-0.05, 0) is 31.5 Å². The minimum atomic E-state index is -0.171. The van der Waals surface area contributed by atoms with E-state index < -0.39 is 0 Å². The number of benzene rings is 1. The molecule has 0 bridgehead atoms. The summed E-state index contributed by atoms with van der Waals surface area (Å²) in [5.41, 5.74) is 1.02. The monoisotopic (exact) mass is 308 g/mol. The zero-order valence-electron chi connectivity index (χ0n) is 12.2. The van der Waals surface area contributed by atoms with Crippen molar-refractivity contribution >= 4 is 17.5 Å². The lowest BCUT2D eigenvalue weighted by Gasteiger charge is -2.16. The number of ether oxygens (including phenoxy) is 1. The van der Waals surface area contributed by atoms with Crippen molar-refractivity contribution in [1.29, 1.82) is 0 Å². The molecular weight excluding hydrogens is 292 g/mol. The lowest BCUT2D eigenvalue weighted by atomic mass is 10.2. The summed E-state index contributed by atoms with van der Waals surface area (Å²) in [4.78, 5) is 17.7. The third-order valence-electron chi connectivity index (χ3n) is 2.89. The van der Waals surface area contributed by atoms with Gasteiger partial charge in [0.15, 0.2) is 12.4 Å². The van der Waals surface area contributed by atoms with Crippen LogP contribution in [0.3, 0.4) is 0 Å². The molecule has 1 heterocycles. The third-order valence-corrected chi connectivity index (χ3v) is 3.20. The molecule has 7 heteroatoms. The van der Waals surface area contributed by atoms with Gasteiger partial charge in [-0.2, -0.15) is 5.10 Å². The predicted molar refractivity (Wildman–Crippen MR) is 79.3 cm³/mol. The van der Waals surface area contributed by atoms with E-state index in [0.29, 0.717) is 29.0 Å². The standard InChI is InChI=1S/C14H17ClN4O2/c1-9-4-5-11(15)12(6-9)21-8-14(20)19(3)7-13-16-10(2)17-18-13/h4-6H,7-8H2,1-3H3,(H,16,17,18). The number of nitrogens with one attached hydrogen (secondary N) is 1. The highest BCUT2D eigenvalue weighted by Gasteiger charge is 2.13. The molecule has 0 fully saturated rings. The summed E-state index contributed by atoms with van der Waals surface area (Å²) in [6.07, 6.45) is 0. The molecule has 1 amide bonds. The van der Waals surface area contributed by atoms with Crippen molar-refractivity contribution in [3.63, 3.8) is 0 Å². The first-order chi connectivity index (χ1) is 9.95. The van der Waals surface area contributed by atoms with Gasteiger partial charge in [0.2, 0.25) is 0 Å². The minimum Gasteiger partial charge on any atom is -0.482 e. The molecule has 0 unspecified atom stereocenters. The van der Waals surface area contributed by atoms with Gasteiger partial charge < -0.3 is 9.64 Å². The SMILES string of the molecule is Cc1ccc(Cl)c(OCC(=O)N(C)Cc2n[nH]c(C)n2)c1. The van der Waals surface area contributed by atoms with Gasteiger partial charge >= 0.3 is 0 Å². The van der Waals surface area contributed by atoms with E-state index in [1.165, 1.54) is 4.90 Å². The average Bonchev–Trinajstić information content (AvgIpc) is 2.84. The second-order valence-electron chi connectivity index (χ2n) is 4.81. The number of H-pyrrole nitrogens is 1. The van der Waals surface area contributed by atoms with Gasteiger partial charge in [-0.1, -0.05) is 17.7 Å². The topological polar surface area (TPSA) is 71.1 Å². The number of nitrogens with zero attached hydrogens (tertiary/aromatic N) is 3. The zero-order valence-corrected chi connectivity index (χ0v) is 12.9. The fraction of sp³-hybridized carbons (Fsp3) is 0.357. The fourth-order valence-electron chi connectivity index (χ4n) is 1.73. The summed E-state index contributed by atoms with van der Waals surface area (Å²) < 4.78 is 5.47. The molecule has 2 aromatic rings. The van der Waals surface area contributed by atoms with Gasteiger partial charge in [0, 0.05) is 7.05 Å². The van der Waals surface area contributed by atoms with Crippen LogP contribution in [0.5, 0.6) is 5.75 Å². The molecule has 21 heavy (non-hydrogen) atoms. The molecule has 1 N–H and O–H groups in total. The molecule has 1 aromatic carbocycles. The smallest absolute Gasteiger partial charge is 0.260 e. The van der Waals surface area contributed by atoms with Crippen LogP contribution in [-0.2, 0) is 11.3 Å². The molecule has 1 aromatic heterocycles. The summed E-state index contributed by atoms with van der Waals surface area (Å²) >= 11 is 6.02. The van der Waals surface area contributed by atoms with Crippen LogP contribution in [0.2, 0.25) is 5.02 Å². The van der Waals surface area contributed by atoms with Crippen LogP contribution in [0.25, 0.3) is 0 Å².